The van der Waals surface area contributed by atoms with Gasteiger partial charge in [-0.05, 0) is 84.2 Å². The molecule has 1 unspecified atom stereocenters. The first kappa shape index (κ1) is 22.0. The Morgan fingerprint density at radius 3 is 2.31 bits per heavy atom. The van der Waals surface area contributed by atoms with E-state index >= 15 is 4.39 Å². The van der Waals surface area contributed by atoms with Crippen LogP contribution in [0.1, 0.15) is 52.6 Å². The Bertz CT molecular complexity index is 1150. The SMILES string of the molecule is CCc1ccc(C2CCc3c(ccc(C#Cc4ccc(OC(F)(F)F)cc4)c3F)C2)cc1. The zero-order chi connectivity index (χ0) is 22.7. The van der Waals surface area contributed by atoms with E-state index in [0.717, 1.165) is 24.8 Å². The molecule has 0 bridgehead atoms. The fraction of sp³-hybridized carbons (Fsp3) is 0.259. The van der Waals surface area contributed by atoms with E-state index in [-0.39, 0.29) is 11.6 Å². The van der Waals surface area contributed by atoms with Crippen molar-refractivity contribution in [1.82, 2.24) is 0 Å². The summed E-state index contributed by atoms with van der Waals surface area (Å²) >= 11 is 0. The second-order valence-electron chi connectivity index (χ2n) is 7.92. The number of halogens is 4. The van der Waals surface area contributed by atoms with Crippen LogP contribution in [0.3, 0.4) is 0 Å². The molecule has 1 aliphatic carbocycles. The van der Waals surface area contributed by atoms with Crippen LogP contribution < -0.4 is 4.74 Å². The molecule has 0 N–H and O–H groups in total. The average Bonchev–Trinajstić information content (AvgIpc) is 2.78. The molecule has 1 aliphatic rings. The third-order valence-corrected chi connectivity index (χ3v) is 5.84. The summed E-state index contributed by atoms with van der Waals surface area (Å²) in [4.78, 5) is 0. The smallest absolute Gasteiger partial charge is 0.406 e. The molecule has 3 aromatic carbocycles. The lowest BCUT2D eigenvalue weighted by Crippen LogP contribution is -2.16. The highest BCUT2D eigenvalue weighted by Crippen LogP contribution is 2.34. The summed E-state index contributed by atoms with van der Waals surface area (Å²) in [6, 6.07) is 17.5. The molecular weight excluding hydrogens is 416 g/mol. The van der Waals surface area contributed by atoms with Crippen molar-refractivity contribution in [3.8, 4) is 17.6 Å². The molecular formula is C27H22F4O. The summed E-state index contributed by atoms with van der Waals surface area (Å²) in [5.41, 5.74) is 5.10. The van der Waals surface area contributed by atoms with Crippen LogP contribution in [0.4, 0.5) is 17.6 Å². The molecule has 1 atom stereocenters. The average molecular weight is 438 g/mol. The predicted molar refractivity (Wildman–Crippen MR) is 116 cm³/mol. The number of rotatable bonds is 3. The van der Waals surface area contributed by atoms with E-state index in [2.05, 4.69) is 47.8 Å². The highest BCUT2D eigenvalue weighted by molar-refractivity contribution is 5.48. The molecule has 0 heterocycles. The molecule has 32 heavy (non-hydrogen) atoms. The number of benzene rings is 3. The molecule has 0 saturated heterocycles. The second-order valence-corrected chi connectivity index (χ2v) is 7.92. The molecule has 0 fully saturated rings. The monoisotopic (exact) mass is 438 g/mol. The summed E-state index contributed by atoms with van der Waals surface area (Å²) in [7, 11) is 0. The minimum Gasteiger partial charge on any atom is -0.406 e. The zero-order valence-corrected chi connectivity index (χ0v) is 17.6. The number of aryl methyl sites for hydroxylation is 1. The van der Waals surface area contributed by atoms with Crippen LogP contribution >= 0.6 is 0 Å². The summed E-state index contributed by atoms with van der Waals surface area (Å²) < 4.78 is 55.7. The van der Waals surface area contributed by atoms with Crippen molar-refractivity contribution in [2.24, 2.45) is 0 Å². The van der Waals surface area contributed by atoms with E-state index in [1.165, 1.54) is 35.4 Å². The molecule has 0 radical (unpaired) electrons. The Balaban J connectivity index is 1.49. The minimum absolute atomic E-state index is 0.296. The van der Waals surface area contributed by atoms with Gasteiger partial charge in [0.1, 0.15) is 11.6 Å². The standard InChI is InChI=1S/C27H22F4O/c1-2-18-3-8-20(9-4-18)22-13-16-25-23(17-22)12-11-21(26(25)28)10-5-19-6-14-24(15-7-19)32-27(29,30)31/h3-4,6-9,11-12,14-15,22H,2,13,16-17H2,1H3. The molecule has 0 aromatic heterocycles. The molecule has 3 aromatic rings. The summed E-state index contributed by atoms with van der Waals surface area (Å²) in [5, 5.41) is 0. The van der Waals surface area contributed by atoms with E-state index in [1.807, 2.05) is 6.07 Å². The highest BCUT2D eigenvalue weighted by atomic mass is 19.4. The van der Waals surface area contributed by atoms with Crippen molar-refractivity contribution in [2.45, 2.75) is 44.9 Å². The number of ether oxygens (including phenoxy) is 1. The van der Waals surface area contributed by atoms with Gasteiger partial charge in [-0.1, -0.05) is 49.1 Å². The van der Waals surface area contributed by atoms with E-state index in [4.69, 9.17) is 0 Å². The van der Waals surface area contributed by atoms with E-state index < -0.39 is 6.36 Å². The molecule has 0 spiro atoms. The van der Waals surface area contributed by atoms with Gasteiger partial charge in [-0.15, -0.1) is 13.2 Å². The van der Waals surface area contributed by atoms with Crippen molar-refractivity contribution in [3.05, 3.63) is 99.9 Å². The van der Waals surface area contributed by atoms with Crippen molar-refractivity contribution < 1.29 is 22.3 Å². The lowest BCUT2D eigenvalue weighted by atomic mass is 9.79. The zero-order valence-electron chi connectivity index (χ0n) is 17.6. The molecule has 164 valence electrons. The largest absolute Gasteiger partial charge is 0.573 e. The molecule has 0 amide bonds. The van der Waals surface area contributed by atoms with Gasteiger partial charge >= 0.3 is 6.36 Å². The van der Waals surface area contributed by atoms with Gasteiger partial charge in [0, 0.05) is 5.56 Å². The Morgan fingerprint density at radius 1 is 0.938 bits per heavy atom. The van der Waals surface area contributed by atoms with Gasteiger partial charge in [0.2, 0.25) is 0 Å². The fourth-order valence-electron chi connectivity index (χ4n) is 4.09. The van der Waals surface area contributed by atoms with Gasteiger partial charge in [0.15, 0.2) is 0 Å². The maximum Gasteiger partial charge on any atom is 0.573 e. The van der Waals surface area contributed by atoms with Crippen molar-refractivity contribution >= 4 is 0 Å². The number of alkyl halides is 3. The summed E-state index contributed by atoms with van der Waals surface area (Å²) in [6.07, 6.45) is -1.40. The summed E-state index contributed by atoms with van der Waals surface area (Å²) in [5.74, 6) is 5.39. The van der Waals surface area contributed by atoms with Crippen molar-refractivity contribution in [3.63, 3.8) is 0 Å². The van der Waals surface area contributed by atoms with E-state index in [9.17, 15) is 13.2 Å². The minimum atomic E-state index is -4.74. The van der Waals surface area contributed by atoms with Crippen LogP contribution in [0.5, 0.6) is 5.75 Å². The van der Waals surface area contributed by atoms with Gasteiger partial charge in [-0.3, -0.25) is 0 Å². The Morgan fingerprint density at radius 2 is 1.66 bits per heavy atom. The lowest BCUT2D eigenvalue weighted by Gasteiger charge is -2.26. The van der Waals surface area contributed by atoms with Crippen LogP contribution in [0.2, 0.25) is 0 Å². The Hall–Kier alpha value is -3.26. The van der Waals surface area contributed by atoms with E-state index in [0.29, 0.717) is 29.0 Å². The molecule has 4 rings (SSSR count). The van der Waals surface area contributed by atoms with Gasteiger partial charge in [0.05, 0.1) is 5.56 Å². The van der Waals surface area contributed by atoms with Crippen LogP contribution in [0.15, 0.2) is 60.7 Å². The van der Waals surface area contributed by atoms with E-state index in [1.54, 1.807) is 6.07 Å². The number of hydrogen-bond acceptors (Lipinski definition) is 1. The first-order chi connectivity index (χ1) is 15.3. The van der Waals surface area contributed by atoms with Crippen molar-refractivity contribution in [1.29, 1.82) is 0 Å². The molecule has 5 heteroatoms. The fourth-order valence-corrected chi connectivity index (χ4v) is 4.09. The van der Waals surface area contributed by atoms with Gasteiger partial charge in [-0.25, -0.2) is 4.39 Å². The topological polar surface area (TPSA) is 9.23 Å². The second kappa shape index (κ2) is 9.08. The molecule has 1 nitrogen and oxygen atoms in total. The Labute approximate surface area is 185 Å². The molecule has 0 saturated carbocycles. The highest BCUT2D eigenvalue weighted by Gasteiger charge is 2.31. The normalized spacial score (nSPS) is 15.5. The lowest BCUT2D eigenvalue weighted by molar-refractivity contribution is -0.274. The quantitative estimate of drug-likeness (QED) is 0.317. The van der Waals surface area contributed by atoms with Gasteiger partial charge in [0.25, 0.3) is 0 Å². The van der Waals surface area contributed by atoms with Gasteiger partial charge in [-0.2, -0.15) is 0 Å². The number of hydrogen-bond donors (Lipinski definition) is 0. The maximum absolute atomic E-state index is 15.1. The molecule has 0 aliphatic heterocycles. The van der Waals surface area contributed by atoms with Crippen molar-refractivity contribution in [2.75, 3.05) is 0 Å². The van der Waals surface area contributed by atoms with Crippen LogP contribution in [-0.4, -0.2) is 6.36 Å². The predicted octanol–water partition coefficient (Wildman–Crippen LogP) is 6.96. The first-order valence-electron chi connectivity index (χ1n) is 10.6. The van der Waals surface area contributed by atoms with Crippen LogP contribution in [0.25, 0.3) is 0 Å². The third-order valence-electron chi connectivity index (χ3n) is 5.84. The Kier molecular flexibility index (Phi) is 6.23. The third kappa shape index (κ3) is 5.13. The van der Waals surface area contributed by atoms with Crippen LogP contribution in [0, 0.1) is 17.7 Å². The summed E-state index contributed by atoms with van der Waals surface area (Å²) in [6.45, 7) is 2.13. The maximum atomic E-state index is 15.1. The first-order valence-corrected chi connectivity index (χ1v) is 10.6. The van der Waals surface area contributed by atoms with Crippen LogP contribution in [-0.2, 0) is 19.3 Å². The number of fused-ring (bicyclic) bond motifs is 1. The van der Waals surface area contributed by atoms with Gasteiger partial charge < -0.3 is 4.74 Å².